The lowest BCUT2D eigenvalue weighted by atomic mass is 10.1. The Hall–Kier alpha value is -1.69. The molecule has 0 radical (unpaired) electrons. The van der Waals surface area contributed by atoms with Crippen molar-refractivity contribution in [3.05, 3.63) is 23.8 Å². The summed E-state index contributed by atoms with van der Waals surface area (Å²) >= 11 is 0. The molecule has 90 valence electrons. The lowest BCUT2D eigenvalue weighted by Crippen LogP contribution is -2.29. The fourth-order valence-electron chi connectivity index (χ4n) is 2.72. The molecule has 1 fully saturated rings. The van der Waals surface area contributed by atoms with Gasteiger partial charge in [-0.2, -0.15) is 5.26 Å². The maximum Gasteiger partial charge on any atom is 0.135 e. The topological polar surface area (TPSA) is 47.3 Å². The highest BCUT2D eigenvalue weighted by atomic mass is 16.3. The highest BCUT2D eigenvalue weighted by Gasteiger charge is 2.30. The Morgan fingerprint density at radius 1 is 1.53 bits per heavy atom. The molecule has 1 aromatic rings. The van der Waals surface area contributed by atoms with Crippen LogP contribution >= 0.6 is 0 Å². The fraction of sp³-hybridized carbons (Fsp3) is 0.500. The smallest absolute Gasteiger partial charge is 0.135 e. The SMILES string of the molecule is CCC1CC(C)CN1c1cccc(O)c1C#N. The van der Waals surface area contributed by atoms with Crippen LogP contribution in [0, 0.1) is 17.2 Å². The molecule has 3 heteroatoms. The summed E-state index contributed by atoms with van der Waals surface area (Å²) in [6.45, 7) is 5.37. The Morgan fingerprint density at radius 2 is 2.29 bits per heavy atom. The maximum atomic E-state index is 9.73. The molecule has 1 saturated heterocycles. The Morgan fingerprint density at radius 3 is 2.94 bits per heavy atom. The van der Waals surface area contributed by atoms with Crippen LogP contribution in [-0.2, 0) is 0 Å². The number of rotatable bonds is 2. The van der Waals surface area contributed by atoms with Gasteiger partial charge >= 0.3 is 0 Å². The zero-order valence-corrected chi connectivity index (χ0v) is 10.3. The number of phenolic OH excluding ortho intramolecular Hbond substituents is 1. The highest BCUT2D eigenvalue weighted by Crippen LogP contribution is 2.35. The molecular formula is C14H18N2O. The van der Waals surface area contributed by atoms with Gasteiger partial charge in [0.2, 0.25) is 0 Å². The quantitative estimate of drug-likeness (QED) is 0.849. The summed E-state index contributed by atoms with van der Waals surface area (Å²) in [6, 6.07) is 7.90. The first-order chi connectivity index (χ1) is 8.17. The molecule has 2 atom stereocenters. The molecule has 0 amide bonds. The average molecular weight is 230 g/mol. The van der Waals surface area contributed by atoms with Gasteiger partial charge in [-0.15, -0.1) is 0 Å². The summed E-state index contributed by atoms with van der Waals surface area (Å²) in [5, 5.41) is 18.9. The van der Waals surface area contributed by atoms with Gasteiger partial charge < -0.3 is 10.0 Å². The van der Waals surface area contributed by atoms with Gasteiger partial charge in [-0.05, 0) is 30.9 Å². The second kappa shape index (κ2) is 4.67. The van der Waals surface area contributed by atoms with E-state index in [1.54, 1.807) is 12.1 Å². The number of phenols is 1. The summed E-state index contributed by atoms with van der Waals surface area (Å²) in [6.07, 6.45) is 2.24. The van der Waals surface area contributed by atoms with Crippen LogP contribution in [0.1, 0.15) is 32.3 Å². The predicted octanol–water partition coefficient (Wildman–Crippen LogP) is 2.89. The van der Waals surface area contributed by atoms with Crippen LogP contribution in [-0.4, -0.2) is 17.7 Å². The summed E-state index contributed by atoms with van der Waals surface area (Å²) in [5.74, 6) is 0.730. The van der Waals surface area contributed by atoms with Gasteiger partial charge in [0.1, 0.15) is 17.4 Å². The van der Waals surface area contributed by atoms with E-state index >= 15 is 0 Å². The van der Waals surface area contributed by atoms with E-state index in [1.807, 2.05) is 6.07 Å². The summed E-state index contributed by atoms with van der Waals surface area (Å²) in [5.41, 5.74) is 1.28. The average Bonchev–Trinajstić information content (AvgIpc) is 2.70. The Balaban J connectivity index is 2.40. The minimum absolute atomic E-state index is 0.0828. The molecule has 2 rings (SSSR count). The van der Waals surface area contributed by atoms with Crippen LogP contribution in [0.4, 0.5) is 5.69 Å². The standard InChI is InChI=1S/C14H18N2O/c1-3-11-7-10(2)9-16(11)13-5-4-6-14(17)12(13)8-15/h4-6,10-11,17H,3,7,9H2,1-2H3. The number of hydrogen-bond acceptors (Lipinski definition) is 3. The molecule has 17 heavy (non-hydrogen) atoms. The molecule has 0 spiro atoms. The lowest BCUT2D eigenvalue weighted by molar-refractivity contribution is 0.473. The molecule has 1 heterocycles. The summed E-state index contributed by atoms with van der Waals surface area (Å²) < 4.78 is 0. The molecule has 1 aliphatic heterocycles. The zero-order chi connectivity index (χ0) is 12.4. The van der Waals surface area contributed by atoms with Crippen LogP contribution in [0.15, 0.2) is 18.2 Å². The molecule has 3 nitrogen and oxygen atoms in total. The number of aromatic hydroxyl groups is 1. The number of nitriles is 1. The van der Waals surface area contributed by atoms with Crippen molar-refractivity contribution in [2.45, 2.75) is 32.7 Å². The number of benzene rings is 1. The van der Waals surface area contributed by atoms with Crippen molar-refractivity contribution in [2.24, 2.45) is 5.92 Å². The van der Waals surface area contributed by atoms with E-state index in [4.69, 9.17) is 5.26 Å². The largest absolute Gasteiger partial charge is 0.506 e. The van der Waals surface area contributed by atoms with Crippen molar-refractivity contribution in [1.29, 1.82) is 5.26 Å². The zero-order valence-electron chi connectivity index (χ0n) is 10.3. The Bertz CT molecular complexity index is 450. The first-order valence-corrected chi connectivity index (χ1v) is 6.16. The maximum absolute atomic E-state index is 9.73. The second-order valence-corrected chi connectivity index (χ2v) is 4.84. The van der Waals surface area contributed by atoms with Gasteiger partial charge in [0.25, 0.3) is 0 Å². The van der Waals surface area contributed by atoms with Crippen LogP contribution in [0.25, 0.3) is 0 Å². The van der Waals surface area contributed by atoms with Crippen molar-refractivity contribution in [2.75, 3.05) is 11.4 Å². The highest BCUT2D eigenvalue weighted by molar-refractivity contribution is 5.65. The third kappa shape index (κ3) is 2.08. The van der Waals surface area contributed by atoms with E-state index in [1.165, 1.54) is 0 Å². The first-order valence-electron chi connectivity index (χ1n) is 6.16. The van der Waals surface area contributed by atoms with Gasteiger partial charge in [0, 0.05) is 12.6 Å². The minimum atomic E-state index is 0.0828. The monoisotopic (exact) mass is 230 g/mol. The van der Waals surface area contributed by atoms with Crippen LogP contribution in [0.3, 0.4) is 0 Å². The molecule has 1 aliphatic rings. The number of anilines is 1. The van der Waals surface area contributed by atoms with Gasteiger partial charge in [0.15, 0.2) is 0 Å². The van der Waals surface area contributed by atoms with E-state index in [2.05, 4.69) is 24.8 Å². The lowest BCUT2D eigenvalue weighted by Gasteiger charge is -2.27. The second-order valence-electron chi connectivity index (χ2n) is 4.84. The van der Waals surface area contributed by atoms with Crippen LogP contribution < -0.4 is 4.90 Å². The molecule has 1 aromatic carbocycles. The van der Waals surface area contributed by atoms with Gasteiger partial charge in [-0.25, -0.2) is 0 Å². The van der Waals surface area contributed by atoms with E-state index in [0.717, 1.165) is 25.1 Å². The molecule has 0 aromatic heterocycles. The predicted molar refractivity (Wildman–Crippen MR) is 68.0 cm³/mol. The summed E-state index contributed by atoms with van der Waals surface area (Å²) in [4.78, 5) is 2.27. The molecule has 2 unspecified atom stereocenters. The van der Waals surface area contributed by atoms with Crippen LogP contribution in [0.2, 0.25) is 0 Å². The molecule has 1 N–H and O–H groups in total. The third-order valence-corrected chi connectivity index (χ3v) is 3.54. The van der Waals surface area contributed by atoms with Crippen molar-refractivity contribution in [3.8, 4) is 11.8 Å². The molecular weight excluding hydrogens is 212 g/mol. The van der Waals surface area contributed by atoms with Gasteiger partial charge in [0.05, 0.1) is 5.69 Å². The fourth-order valence-corrected chi connectivity index (χ4v) is 2.72. The van der Waals surface area contributed by atoms with Crippen molar-refractivity contribution in [1.82, 2.24) is 0 Å². The molecule has 0 aliphatic carbocycles. The van der Waals surface area contributed by atoms with Crippen molar-refractivity contribution < 1.29 is 5.11 Å². The minimum Gasteiger partial charge on any atom is -0.506 e. The van der Waals surface area contributed by atoms with Crippen LogP contribution in [0.5, 0.6) is 5.75 Å². The molecule has 0 bridgehead atoms. The summed E-state index contributed by atoms with van der Waals surface area (Å²) in [7, 11) is 0. The number of hydrogen-bond donors (Lipinski definition) is 1. The van der Waals surface area contributed by atoms with Crippen molar-refractivity contribution in [3.63, 3.8) is 0 Å². The van der Waals surface area contributed by atoms with Gasteiger partial charge in [-0.1, -0.05) is 19.9 Å². The van der Waals surface area contributed by atoms with E-state index in [-0.39, 0.29) is 5.75 Å². The third-order valence-electron chi connectivity index (χ3n) is 3.54. The number of nitrogens with zero attached hydrogens (tertiary/aromatic N) is 2. The molecule has 0 saturated carbocycles. The van der Waals surface area contributed by atoms with E-state index < -0.39 is 0 Å². The van der Waals surface area contributed by atoms with Crippen molar-refractivity contribution >= 4 is 5.69 Å². The Labute approximate surface area is 102 Å². The van der Waals surface area contributed by atoms with Gasteiger partial charge in [-0.3, -0.25) is 0 Å². The van der Waals surface area contributed by atoms with E-state index in [0.29, 0.717) is 17.5 Å². The first kappa shape index (κ1) is 11.8. The Kier molecular flexibility index (Phi) is 3.23. The normalized spacial score (nSPS) is 23.7. The van der Waals surface area contributed by atoms with E-state index in [9.17, 15) is 5.11 Å².